The fraction of sp³-hybridized carbons (Fsp3) is 0.105. The van der Waals surface area contributed by atoms with Crippen molar-refractivity contribution in [3.63, 3.8) is 0 Å². The van der Waals surface area contributed by atoms with Crippen LogP contribution in [0.25, 0.3) is 11.3 Å². The van der Waals surface area contributed by atoms with Crippen LogP contribution in [0.2, 0.25) is 0 Å². The first-order valence-electron chi connectivity index (χ1n) is 7.91. The third kappa shape index (κ3) is 4.50. The van der Waals surface area contributed by atoms with Gasteiger partial charge in [0.15, 0.2) is 4.34 Å². The van der Waals surface area contributed by atoms with Gasteiger partial charge >= 0.3 is 0 Å². The summed E-state index contributed by atoms with van der Waals surface area (Å²) >= 11 is 2.94. The highest BCUT2D eigenvalue weighted by Gasteiger charge is 2.17. The molecule has 2 amide bonds. The standard InChI is InChI=1S/C19H17N3O2S2/c1-12(18(24)21-15-9-7-14(8-10-15)17(20)23)26-19-22-16(11-25-19)13-5-3-2-4-6-13/h2-12H,1H3,(H2,20,23)(H,21,24)/t12-/m1/s1. The first-order chi connectivity index (χ1) is 12.5. The predicted octanol–water partition coefficient (Wildman–Crippen LogP) is 4.03. The van der Waals surface area contributed by atoms with Crippen LogP contribution in [-0.4, -0.2) is 22.0 Å². The number of thiazole rings is 1. The summed E-state index contributed by atoms with van der Waals surface area (Å²) in [6.07, 6.45) is 0. The van der Waals surface area contributed by atoms with E-state index in [1.807, 2.05) is 42.6 Å². The normalized spacial score (nSPS) is 11.7. The van der Waals surface area contributed by atoms with E-state index in [0.717, 1.165) is 15.6 Å². The van der Waals surface area contributed by atoms with Gasteiger partial charge in [0, 0.05) is 22.2 Å². The molecule has 0 spiro atoms. The number of hydrogen-bond acceptors (Lipinski definition) is 5. The molecule has 0 aliphatic carbocycles. The van der Waals surface area contributed by atoms with E-state index in [4.69, 9.17) is 5.73 Å². The lowest BCUT2D eigenvalue weighted by Gasteiger charge is -2.10. The smallest absolute Gasteiger partial charge is 0.248 e. The summed E-state index contributed by atoms with van der Waals surface area (Å²) in [5.41, 5.74) is 8.20. The van der Waals surface area contributed by atoms with E-state index in [-0.39, 0.29) is 11.2 Å². The van der Waals surface area contributed by atoms with E-state index in [9.17, 15) is 9.59 Å². The molecule has 7 heteroatoms. The van der Waals surface area contributed by atoms with Gasteiger partial charge in [-0.15, -0.1) is 11.3 Å². The van der Waals surface area contributed by atoms with Crippen molar-refractivity contribution >= 4 is 40.6 Å². The number of rotatable bonds is 6. The molecule has 0 aliphatic heterocycles. The minimum Gasteiger partial charge on any atom is -0.366 e. The van der Waals surface area contributed by atoms with E-state index in [0.29, 0.717) is 11.3 Å². The second kappa shape index (κ2) is 8.16. The SMILES string of the molecule is C[C@@H](Sc1nc(-c2ccccc2)cs1)C(=O)Nc1ccc(C(N)=O)cc1. The maximum atomic E-state index is 12.4. The van der Waals surface area contributed by atoms with Crippen LogP contribution >= 0.6 is 23.1 Å². The first kappa shape index (κ1) is 18.2. The van der Waals surface area contributed by atoms with E-state index in [1.54, 1.807) is 24.3 Å². The number of nitrogens with one attached hydrogen (secondary N) is 1. The van der Waals surface area contributed by atoms with Gasteiger partial charge in [0.2, 0.25) is 11.8 Å². The lowest BCUT2D eigenvalue weighted by atomic mass is 10.2. The molecule has 0 saturated carbocycles. The molecular weight excluding hydrogens is 366 g/mol. The van der Waals surface area contributed by atoms with Crippen LogP contribution in [0.15, 0.2) is 64.3 Å². The van der Waals surface area contributed by atoms with Crippen molar-refractivity contribution in [3.8, 4) is 11.3 Å². The Morgan fingerprint density at radius 2 is 1.81 bits per heavy atom. The van der Waals surface area contributed by atoms with Crippen molar-refractivity contribution in [1.29, 1.82) is 0 Å². The van der Waals surface area contributed by atoms with E-state index in [1.165, 1.54) is 23.1 Å². The van der Waals surface area contributed by atoms with Crippen LogP contribution in [0, 0.1) is 0 Å². The minimum atomic E-state index is -0.496. The number of amides is 2. The van der Waals surface area contributed by atoms with Gasteiger partial charge in [0.25, 0.3) is 0 Å². The molecule has 132 valence electrons. The quantitative estimate of drug-likeness (QED) is 0.630. The molecule has 1 aromatic heterocycles. The zero-order valence-electron chi connectivity index (χ0n) is 14.0. The van der Waals surface area contributed by atoms with Crippen LogP contribution in [0.1, 0.15) is 17.3 Å². The van der Waals surface area contributed by atoms with Crippen LogP contribution in [0.4, 0.5) is 5.69 Å². The fourth-order valence-electron chi connectivity index (χ4n) is 2.22. The zero-order chi connectivity index (χ0) is 18.5. The molecule has 3 N–H and O–H groups in total. The Bertz CT molecular complexity index is 908. The van der Waals surface area contributed by atoms with Gasteiger partial charge in [-0.25, -0.2) is 4.98 Å². The Morgan fingerprint density at radius 1 is 1.12 bits per heavy atom. The molecule has 0 aliphatic rings. The molecule has 1 heterocycles. The zero-order valence-corrected chi connectivity index (χ0v) is 15.6. The van der Waals surface area contributed by atoms with Gasteiger partial charge in [-0.3, -0.25) is 9.59 Å². The van der Waals surface area contributed by atoms with Crippen molar-refractivity contribution in [2.75, 3.05) is 5.32 Å². The Balaban J connectivity index is 1.61. The number of anilines is 1. The van der Waals surface area contributed by atoms with Crippen LogP contribution in [0.5, 0.6) is 0 Å². The largest absolute Gasteiger partial charge is 0.366 e. The van der Waals surface area contributed by atoms with E-state index in [2.05, 4.69) is 10.3 Å². The number of thioether (sulfide) groups is 1. The summed E-state index contributed by atoms with van der Waals surface area (Å²) in [5, 5.41) is 4.52. The Labute approximate surface area is 159 Å². The molecule has 0 saturated heterocycles. The van der Waals surface area contributed by atoms with Crippen LogP contribution < -0.4 is 11.1 Å². The Hall–Kier alpha value is -2.64. The predicted molar refractivity (Wildman–Crippen MR) is 106 cm³/mol. The van der Waals surface area contributed by atoms with Gasteiger partial charge in [-0.1, -0.05) is 42.1 Å². The highest BCUT2D eigenvalue weighted by Crippen LogP contribution is 2.31. The van der Waals surface area contributed by atoms with Crippen LogP contribution in [0.3, 0.4) is 0 Å². The van der Waals surface area contributed by atoms with Gasteiger partial charge in [0.05, 0.1) is 10.9 Å². The number of hydrogen-bond donors (Lipinski definition) is 2. The van der Waals surface area contributed by atoms with Crippen molar-refractivity contribution < 1.29 is 9.59 Å². The van der Waals surface area contributed by atoms with Gasteiger partial charge in [0.1, 0.15) is 0 Å². The van der Waals surface area contributed by atoms with Crippen molar-refractivity contribution in [2.45, 2.75) is 16.5 Å². The third-order valence-electron chi connectivity index (χ3n) is 3.64. The highest BCUT2D eigenvalue weighted by molar-refractivity contribution is 8.02. The maximum absolute atomic E-state index is 12.4. The molecule has 0 bridgehead atoms. The number of nitrogens with two attached hydrogens (primary N) is 1. The van der Waals surface area contributed by atoms with E-state index < -0.39 is 5.91 Å². The second-order valence-corrected chi connectivity index (χ2v) is 8.00. The fourth-order valence-corrected chi connectivity index (χ4v) is 4.19. The number of nitrogens with zero attached hydrogens (tertiary/aromatic N) is 1. The number of aromatic nitrogens is 1. The van der Waals surface area contributed by atoms with Crippen molar-refractivity contribution in [2.24, 2.45) is 5.73 Å². The maximum Gasteiger partial charge on any atom is 0.248 e. The lowest BCUT2D eigenvalue weighted by Crippen LogP contribution is -2.22. The van der Waals surface area contributed by atoms with Gasteiger partial charge in [-0.2, -0.15) is 0 Å². The molecule has 1 atom stereocenters. The monoisotopic (exact) mass is 383 g/mol. The van der Waals surface area contributed by atoms with Crippen molar-refractivity contribution in [1.82, 2.24) is 4.98 Å². The van der Waals surface area contributed by atoms with Crippen molar-refractivity contribution in [3.05, 3.63) is 65.5 Å². The number of carbonyl (C=O) groups is 2. The molecule has 26 heavy (non-hydrogen) atoms. The summed E-state index contributed by atoms with van der Waals surface area (Å²) in [7, 11) is 0. The lowest BCUT2D eigenvalue weighted by molar-refractivity contribution is -0.115. The second-order valence-electron chi connectivity index (χ2n) is 5.56. The average Bonchev–Trinajstić information content (AvgIpc) is 3.11. The molecule has 2 aromatic carbocycles. The molecular formula is C19H17N3O2S2. The molecule has 3 aromatic rings. The molecule has 5 nitrogen and oxygen atoms in total. The minimum absolute atomic E-state index is 0.127. The highest BCUT2D eigenvalue weighted by atomic mass is 32.2. The average molecular weight is 383 g/mol. The summed E-state index contributed by atoms with van der Waals surface area (Å²) < 4.78 is 0.843. The molecule has 3 rings (SSSR count). The Kier molecular flexibility index (Phi) is 5.70. The third-order valence-corrected chi connectivity index (χ3v) is 5.71. The number of benzene rings is 2. The Morgan fingerprint density at radius 3 is 2.46 bits per heavy atom. The topological polar surface area (TPSA) is 85.1 Å². The summed E-state index contributed by atoms with van der Waals surface area (Å²) in [4.78, 5) is 28.0. The summed E-state index contributed by atoms with van der Waals surface area (Å²) in [6, 6.07) is 16.4. The molecule has 0 radical (unpaired) electrons. The van der Waals surface area contributed by atoms with Gasteiger partial charge in [-0.05, 0) is 31.2 Å². The molecule has 0 fully saturated rings. The summed E-state index contributed by atoms with van der Waals surface area (Å²) in [5.74, 6) is -0.622. The van der Waals surface area contributed by atoms with Crippen LogP contribution in [-0.2, 0) is 4.79 Å². The summed E-state index contributed by atoms with van der Waals surface area (Å²) in [6.45, 7) is 1.83. The number of carbonyl (C=O) groups excluding carboxylic acids is 2. The first-order valence-corrected chi connectivity index (χ1v) is 9.67. The van der Waals surface area contributed by atoms with E-state index >= 15 is 0 Å². The molecule has 0 unspecified atom stereocenters. The van der Waals surface area contributed by atoms with Gasteiger partial charge < -0.3 is 11.1 Å². The number of primary amides is 1.